The van der Waals surface area contributed by atoms with Crippen molar-refractivity contribution in [2.75, 3.05) is 0 Å². The second-order valence-corrected chi connectivity index (χ2v) is 6.57. The molecular formula is C16H12BrF4N3S. The summed E-state index contributed by atoms with van der Waals surface area (Å²) in [4.78, 5) is 0. The number of benzene rings is 2. The lowest BCUT2D eigenvalue weighted by Gasteiger charge is -2.11. The Hall–Kier alpha value is -1.87. The highest BCUT2D eigenvalue weighted by molar-refractivity contribution is 9.10. The number of nitrogens with two attached hydrogens (primary N) is 1. The maximum Gasteiger partial charge on any atom is 0.417 e. The summed E-state index contributed by atoms with van der Waals surface area (Å²) < 4.78 is 51.8. The molecule has 0 heterocycles. The van der Waals surface area contributed by atoms with Crippen molar-refractivity contribution in [3.05, 3.63) is 69.4 Å². The molecule has 9 heteroatoms. The number of nitrogens with zero attached hydrogens (tertiary/aromatic N) is 2. The van der Waals surface area contributed by atoms with Crippen molar-refractivity contribution in [2.24, 2.45) is 15.9 Å². The summed E-state index contributed by atoms with van der Waals surface area (Å²) in [5.74, 6) is -0.290. The summed E-state index contributed by atoms with van der Waals surface area (Å²) in [6.07, 6.45) is -3.71. The van der Waals surface area contributed by atoms with E-state index in [1.54, 1.807) is 0 Å². The number of hydrogen-bond donors (Lipinski definition) is 1. The molecule has 2 aromatic rings. The molecular weight excluding hydrogens is 422 g/mol. The Morgan fingerprint density at radius 3 is 2.48 bits per heavy atom. The monoisotopic (exact) mass is 433 g/mol. The van der Waals surface area contributed by atoms with Gasteiger partial charge in [-0.15, -0.1) is 5.10 Å². The van der Waals surface area contributed by atoms with E-state index in [-0.39, 0.29) is 10.7 Å². The fraction of sp³-hybridized carbons (Fsp3) is 0.125. The summed E-state index contributed by atoms with van der Waals surface area (Å²) in [6, 6.07) is 10.9. The highest BCUT2D eigenvalue weighted by atomic mass is 79.9. The predicted molar refractivity (Wildman–Crippen MR) is 96.1 cm³/mol. The van der Waals surface area contributed by atoms with Crippen molar-refractivity contribution >= 4 is 39.1 Å². The standard InChI is InChI=1S/C16H12BrF4N3S/c17-14-11(13(18)7-6-12(14)16(19,20)21)8-23-24-15(22)25-9-10-4-2-1-3-5-10/h1-8H,9H2,(H2,22,24). The van der Waals surface area contributed by atoms with Gasteiger partial charge in [-0.1, -0.05) is 42.1 Å². The van der Waals surface area contributed by atoms with E-state index in [2.05, 4.69) is 26.1 Å². The molecule has 0 aliphatic heterocycles. The second-order valence-electron chi connectivity index (χ2n) is 4.78. The summed E-state index contributed by atoms with van der Waals surface area (Å²) in [5.41, 5.74) is 5.36. The van der Waals surface area contributed by atoms with Crippen molar-refractivity contribution in [2.45, 2.75) is 11.9 Å². The molecule has 0 amide bonds. The van der Waals surface area contributed by atoms with Crippen molar-refractivity contribution in [1.82, 2.24) is 0 Å². The predicted octanol–water partition coefficient (Wildman–Crippen LogP) is 5.19. The van der Waals surface area contributed by atoms with Crippen LogP contribution in [0.1, 0.15) is 16.7 Å². The molecule has 0 fully saturated rings. The van der Waals surface area contributed by atoms with Crippen molar-refractivity contribution in [3.63, 3.8) is 0 Å². The minimum atomic E-state index is -4.61. The average Bonchev–Trinajstić information content (AvgIpc) is 2.55. The van der Waals surface area contributed by atoms with Crippen LogP contribution in [-0.4, -0.2) is 11.4 Å². The molecule has 0 bridgehead atoms. The summed E-state index contributed by atoms with van der Waals surface area (Å²) in [5, 5.41) is 7.36. The number of alkyl halides is 3. The molecule has 0 unspecified atom stereocenters. The molecule has 2 rings (SSSR count). The number of thioether (sulfide) groups is 1. The zero-order chi connectivity index (χ0) is 18.4. The Morgan fingerprint density at radius 2 is 1.84 bits per heavy atom. The molecule has 0 atom stereocenters. The third-order valence-electron chi connectivity index (χ3n) is 3.00. The third kappa shape index (κ3) is 5.57. The Labute approximate surface area is 154 Å². The van der Waals surface area contributed by atoms with E-state index in [0.717, 1.165) is 17.8 Å². The first kappa shape index (κ1) is 19.5. The molecule has 0 spiro atoms. The number of amidine groups is 1. The van der Waals surface area contributed by atoms with Crippen molar-refractivity contribution in [3.8, 4) is 0 Å². The van der Waals surface area contributed by atoms with Crippen molar-refractivity contribution in [1.29, 1.82) is 0 Å². The first-order valence-corrected chi connectivity index (χ1v) is 8.65. The topological polar surface area (TPSA) is 50.7 Å². The zero-order valence-corrected chi connectivity index (χ0v) is 15.0. The van der Waals surface area contributed by atoms with Crippen LogP contribution in [0.15, 0.2) is 57.1 Å². The number of hydrogen-bond acceptors (Lipinski definition) is 3. The highest BCUT2D eigenvalue weighted by Gasteiger charge is 2.34. The van der Waals surface area contributed by atoms with Gasteiger partial charge in [0.25, 0.3) is 0 Å². The van der Waals surface area contributed by atoms with E-state index in [1.165, 1.54) is 11.8 Å². The fourth-order valence-electron chi connectivity index (χ4n) is 1.81. The maximum atomic E-state index is 13.7. The van der Waals surface area contributed by atoms with Gasteiger partial charge in [0.1, 0.15) is 5.82 Å². The number of halogens is 5. The molecule has 25 heavy (non-hydrogen) atoms. The molecule has 0 aliphatic rings. The van der Waals surface area contributed by atoms with E-state index >= 15 is 0 Å². The van der Waals surface area contributed by atoms with Crippen LogP contribution < -0.4 is 5.73 Å². The van der Waals surface area contributed by atoms with Gasteiger partial charge in [-0.25, -0.2) is 4.39 Å². The van der Waals surface area contributed by atoms with Gasteiger partial charge >= 0.3 is 6.18 Å². The van der Waals surface area contributed by atoms with Crippen molar-refractivity contribution < 1.29 is 17.6 Å². The summed E-state index contributed by atoms with van der Waals surface area (Å²) in [7, 11) is 0. The summed E-state index contributed by atoms with van der Waals surface area (Å²) in [6.45, 7) is 0. The van der Waals surface area contributed by atoms with Gasteiger partial charge in [-0.05, 0) is 33.6 Å². The SMILES string of the molecule is NC(=NN=Cc1c(F)ccc(C(F)(F)F)c1Br)SCc1ccccc1. The summed E-state index contributed by atoms with van der Waals surface area (Å²) >= 11 is 3.97. The van der Waals surface area contributed by atoms with Gasteiger partial charge in [-0.3, -0.25) is 0 Å². The smallest absolute Gasteiger partial charge is 0.377 e. The molecule has 0 aromatic heterocycles. The Morgan fingerprint density at radius 1 is 1.16 bits per heavy atom. The highest BCUT2D eigenvalue weighted by Crippen LogP contribution is 2.36. The molecule has 132 valence electrons. The van der Waals surface area contributed by atoms with Gasteiger partial charge < -0.3 is 5.73 Å². The van der Waals surface area contributed by atoms with Crippen LogP contribution in [0.25, 0.3) is 0 Å². The zero-order valence-electron chi connectivity index (χ0n) is 12.6. The molecule has 3 nitrogen and oxygen atoms in total. The van der Waals surface area contributed by atoms with Crippen LogP contribution in [0.5, 0.6) is 0 Å². The quantitative estimate of drug-likeness (QED) is 0.312. The lowest BCUT2D eigenvalue weighted by atomic mass is 10.1. The minimum absolute atomic E-state index is 0.114. The molecule has 0 radical (unpaired) electrons. The van der Waals surface area contributed by atoms with Crippen LogP contribution in [0.3, 0.4) is 0 Å². The van der Waals surface area contributed by atoms with Crippen LogP contribution in [-0.2, 0) is 11.9 Å². The average molecular weight is 434 g/mol. The van der Waals surface area contributed by atoms with E-state index in [4.69, 9.17) is 5.73 Å². The van der Waals surface area contributed by atoms with Gasteiger partial charge in [0.05, 0.1) is 11.8 Å². The van der Waals surface area contributed by atoms with E-state index in [0.29, 0.717) is 11.8 Å². The Bertz CT molecular complexity index is 792. The van der Waals surface area contributed by atoms with E-state index < -0.39 is 22.0 Å². The Balaban J connectivity index is 2.11. The first-order valence-electron chi connectivity index (χ1n) is 6.87. The lowest BCUT2D eigenvalue weighted by Crippen LogP contribution is -2.09. The molecule has 2 N–H and O–H groups in total. The minimum Gasteiger partial charge on any atom is -0.377 e. The van der Waals surface area contributed by atoms with Gasteiger partial charge in [0, 0.05) is 15.8 Å². The van der Waals surface area contributed by atoms with Crippen LogP contribution >= 0.6 is 27.7 Å². The maximum absolute atomic E-state index is 13.7. The van der Waals surface area contributed by atoms with Gasteiger partial charge in [0.2, 0.25) is 0 Å². The first-order chi connectivity index (χ1) is 11.8. The van der Waals surface area contributed by atoms with E-state index in [9.17, 15) is 17.6 Å². The van der Waals surface area contributed by atoms with Crippen LogP contribution in [0, 0.1) is 5.82 Å². The fourth-order valence-corrected chi connectivity index (χ4v) is 3.07. The normalized spacial score (nSPS) is 12.8. The molecule has 0 saturated carbocycles. The van der Waals surface area contributed by atoms with Crippen LogP contribution in [0.2, 0.25) is 0 Å². The van der Waals surface area contributed by atoms with Gasteiger partial charge in [-0.2, -0.15) is 18.3 Å². The van der Waals surface area contributed by atoms with Gasteiger partial charge in [0.15, 0.2) is 5.17 Å². The molecule has 0 aliphatic carbocycles. The molecule has 2 aromatic carbocycles. The van der Waals surface area contributed by atoms with E-state index in [1.807, 2.05) is 30.3 Å². The molecule has 0 saturated heterocycles. The second kappa shape index (κ2) is 8.48. The Kier molecular flexibility index (Phi) is 6.60. The lowest BCUT2D eigenvalue weighted by molar-refractivity contribution is -0.138. The largest absolute Gasteiger partial charge is 0.417 e. The number of rotatable bonds is 4. The third-order valence-corrected chi connectivity index (χ3v) is 4.71. The van der Waals surface area contributed by atoms with Crippen LogP contribution in [0.4, 0.5) is 17.6 Å².